The molecule has 0 unspecified atom stereocenters. The number of aromatic nitrogens is 3. The Labute approximate surface area is 137 Å². The van der Waals surface area contributed by atoms with E-state index in [0.29, 0.717) is 16.3 Å². The van der Waals surface area contributed by atoms with Gasteiger partial charge in [-0.1, -0.05) is 23.4 Å². The van der Waals surface area contributed by atoms with E-state index in [1.165, 1.54) is 11.8 Å². The van der Waals surface area contributed by atoms with Gasteiger partial charge < -0.3 is 4.40 Å². The lowest BCUT2D eigenvalue weighted by atomic mass is 10.1. The molecule has 0 bridgehead atoms. The van der Waals surface area contributed by atoms with Crippen molar-refractivity contribution in [3.63, 3.8) is 0 Å². The summed E-state index contributed by atoms with van der Waals surface area (Å²) in [7, 11) is 0. The van der Waals surface area contributed by atoms with Crippen molar-refractivity contribution < 1.29 is 0 Å². The molecule has 110 valence electrons. The van der Waals surface area contributed by atoms with Crippen LogP contribution in [0.5, 0.6) is 0 Å². The molecule has 0 saturated heterocycles. The van der Waals surface area contributed by atoms with Crippen LogP contribution in [0.15, 0.2) is 35.6 Å². The normalized spacial score (nSPS) is 10.8. The number of pyridine rings is 2. The summed E-state index contributed by atoms with van der Waals surface area (Å²) in [6.45, 7) is 3.87. The first-order chi connectivity index (χ1) is 10.6. The molecule has 0 aliphatic rings. The minimum atomic E-state index is 0.641. The average molecular weight is 329 g/mol. The Hall–Kier alpha value is -2.03. The van der Waals surface area contributed by atoms with Gasteiger partial charge in [-0.15, -0.1) is 0 Å². The van der Waals surface area contributed by atoms with Gasteiger partial charge in [-0.3, -0.25) is 0 Å². The summed E-state index contributed by atoms with van der Waals surface area (Å²) >= 11 is 7.51. The van der Waals surface area contributed by atoms with Gasteiger partial charge in [-0.2, -0.15) is 5.26 Å². The quantitative estimate of drug-likeness (QED) is 0.677. The Morgan fingerprint density at radius 1 is 1.27 bits per heavy atom. The second kappa shape index (κ2) is 5.99. The molecule has 0 fully saturated rings. The molecule has 0 aromatic carbocycles. The van der Waals surface area contributed by atoms with Gasteiger partial charge in [0.2, 0.25) is 0 Å². The highest BCUT2D eigenvalue weighted by atomic mass is 35.5. The summed E-state index contributed by atoms with van der Waals surface area (Å²) in [4.78, 5) is 9.01. The maximum absolute atomic E-state index is 9.29. The third-order valence-electron chi connectivity index (χ3n) is 3.24. The summed E-state index contributed by atoms with van der Waals surface area (Å²) in [5.41, 5.74) is 4.30. The van der Waals surface area contributed by atoms with Gasteiger partial charge in [-0.05, 0) is 37.6 Å². The number of hydrogen-bond donors (Lipinski definition) is 0. The fraction of sp³-hybridized carbons (Fsp3) is 0.188. The van der Waals surface area contributed by atoms with Crippen LogP contribution < -0.4 is 0 Å². The van der Waals surface area contributed by atoms with Crippen molar-refractivity contribution in [1.29, 1.82) is 5.26 Å². The smallest absolute Gasteiger partial charge is 0.137 e. The van der Waals surface area contributed by atoms with Gasteiger partial charge >= 0.3 is 0 Å². The molecule has 0 amide bonds. The lowest BCUT2D eigenvalue weighted by molar-refractivity contribution is 1.03. The Morgan fingerprint density at radius 2 is 2.09 bits per heavy atom. The number of aryl methyl sites for hydroxylation is 2. The maximum Gasteiger partial charge on any atom is 0.137 e. The van der Waals surface area contributed by atoms with Crippen LogP contribution in [0.25, 0.3) is 5.65 Å². The van der Waals surface area contributed by atoms with E-state index in [1.807, 2.05) is 48.8 Å². The van der Waals surface area contributed by atoms with Gasteiger partial charge in [0.05, 0.1) is 16.3 Å². The minimum Gasteiger partial charge on any atom is -0.305 e. The lowest BCUT2D eigenvalue weighted by Crippen LogP contribution is -1.94. The predicted molar refractivity (Wildman–Crippen MR) is 88.2 cm³/mol. The summed E-state index contributed by atoms with van der Waals surface area (Å²) in [5, 5.41) is 10.7. The van der Waals surface area contributed by atoms with Gasteiger partial charge in [-0.25, -0.2) is 9.97 Å². The number of halogens is 1. The monoisotopic (exact) mass is 328 g/mol. The minimum absolute atomic E-state index is 0.641. The zero-order valence-corrected chi connectivity index (χ0v) is 13.7. The van der Waals surface area contributed by atoms with E-state index in [-0.39, 0.29) is 0 Å². The maximum atomic E-state index is 9.29. The summed E-state index contributed by atoms with van der Waals surface area (Å²) < 4.78 is 1.90. The number of hydrogen-bond acceptors (Lipinski definition) is 4. The Balaban J connectivity index is 1.86. The second-order valence-corrected chi connectivity index (χ2v) is 6.41. The van der Waals surface area contributed by atoms with Gasteiger partial charge in [0.1, 0.15) is 16.7 Å². The average Bonchev–Trinajstić information content (AvgIpc) is 2.86. The van der Waals surface area contributed by atoms with Crippen LogP contribution in [-0.2, 0) is 5.75 Å². The van der Waals surface area contributed by atoms with Crippen LogP contribution in [0.2, 0.25) is 5.02 Å². The van der Waals surface area contributed by atoms with Gasteiger partial charge in [0, 0.05) is 23.8 Å². The van der Waals surface area contributed by atoms with E-state index in [2.05, 4.69) is 16.0 Å². The van der Waals surface area contributed by atoms with Crippen LogP contribution in [-0.4, -0.2) is 14.4 Å². The van der Waals surface area contributed by atoms with Crippen molar-refractivity contribution in [1.82, 2.24) is 14.4 Å². The van der Waals surface area contributed by atoms with Crippen molar-refractivity contribution in [2.75, 3.05) is 0 Å². The Bertz CT molecular complexity index is 895. The molecule has 0 spiro atoms. The molecular weight excluding hydrogens is 316 g/mol. The van der Waals surface area contributed by atoms with E-state index < -0.39 is 0 Å². The molecular formula is C16H13ClN4S. The number of thioether (sulfide) groups is 1. The molecule has 3 aromatic heterocycles. The molecule has 0 radical (unpaired) electrons. The molecule has 0 N–H and O–H groups in total. The molecule has 3 rings (SSSR count). The van der Waals surface area contributed by atoms with Gasteiger partial charge in [0.25, 0.3) is 0 Å². The first-order valence-electron chi connectivity index (χ1n) is 6.71. The number of nitrogens with zero attached hydrogens (tertiary/aromatic N) is 4. The van der Waals surface area contributed by atoms with Crippen LogP contribution in [0.3, 0.4) is 0 Å². The summed E-state index contributed by atoms with van der Waals surface area (Å²) in [6, 6.07) is 7.86. The first-order valence-corrected chi connectivity index (χ1v) is 8.07. The summed E-state index contributed by atoms with van der Waals surface area (Å²) in [5.74, 6) is 0.657. The Kier molecular flexibility index (Phi) is 4.06. The van der Waals surface area contributed by atoms with Crippen LogP contribution in [0.4, 0.5) is 0 Å². The zero-order chi connectivity index (χ0) is 15.7. The van der Waals surface area contributed by atoms with E-state index in [9.17, 15) is 5.26 Å². The van der Waals surface area contributed by atoms with E-state index in [0.717, 1.165) is 27.6 Å². The first kappa shape index (κ1) is 14.9. The molecule has 0 aliphatic heterocycles. The predicted octanol–water partition coefficient (Wildman–Crippen LogP) is 4.16. The van der Waals surface area contributed by atoms with E-state index >= 15 is 0 Å². The van der Waals surface area contributed by atoms with E-state index in [1.54, 1.807) is 0 Å². The summed E-state index contributed by atoms with van der Waals surface area (Å²) in [6.07, 6.45) is 3.77. The lowest BCUT2D eigenvalue weighted by Gasteiger charge is -2.06. The van der Waals surface area contributed by atoms with Crippen molar-refractivity contribution >= 4 is 29.0 Å². The molecule has 22 heavy (non-hydrogen) atoms. The van der Waals surface area contributed by atoms with Crippen molar-refractivity contribution in [3.05, 3.63) is 58.1 Å². The van der Waals surface area contributed by atoms with Crippen molar-refractivity contribution in [2.45, 2.75) is 24.6 Å². The number of imidazole rings is 1. The fourth-order valence-electron chi connectivity index (χ4n) is 2.27. The number of fused-ring (bicyclic) bond motifs is 1. The topological polar surface area (TPSA) is 54.0 Å². The van der Waals surface area contributed by atoms with Crippen molar-refractivity contribution in [3.8, 4) is 6.07 Å². The Morgan fingerprint density at radius 3 is 2.86 bits per heavy atom. The van der Waals surface area contributed by atoms with Crippen molar-refractivity contribution in [2.24, 2.45) is 0 Å². The largest absolute Gasteiger partial charge is 0.305 e. The zero-order valence-electron chi connectivity index (χ0n) is 12.2. The molecule has 6 heteroatoms. The highest BCUT2D eigenvalue weighted by molar-refractivity contribution is 7.98. The number of rotatable bonds is 3. The molecule has 0 aliphatic carbocycles. The fourth-order valence-corrected chi connectivity index (χ4v) is 3.42. The van der Waals surface area contributed by atoms with E-state index in [4.69, 9.17) is 11.6 Å². The molecule has 4 nitrogen and oxygen atoms in total. The van der Waals surface area contributed by atoms with Crippen LogP contribution in [0.1, 0.15) is 22.5 Å². The second-order valence-electron chi connectivity index (χ2n) is 5.01. The number of nitriles is 1. The molecule has 3 aromatic rings. The highest BCUT2D eigenvalue weighted by Gasteiger charge is 2.10. The molecule has 0 atom stereocenters. The van der Waals surface area contributed by atoms with Gasteiger partial charge in [0.15, 0.2) is 0 Å². The molecule has 3 heterocycles. The van der Waals surface area contributed by atoms with Crippen LogP contribution >= 0.6 is 23.4 Å². The van der Waals surface area contributed by atoms with Crippen LogP contribution in [0, 0.1) is 25.2 Å². The third-order valence-corrected chi connectivity index (χ3v) is 4.48. The molecule has 0 saturated carbocycles. The highest BCUT2D eigenvalue weighted by Crippen LogP contribution is 2.26. The third kappa shape index (κ3) is 2.94. The standard InChI is InChI=1S/C16H13ClN4S/c1-10-5-11(2)19-16(14(10)6-18)22-9-13-8-21-7-12(17)3-4-15(21)20-13/h3-5,7-8H,9H2,1-2H3. The SMILES string of the molecule is Cc1cc(C)c(C#N)c(SCc2cn3cc(Cl)ccc3n2)n1.